The molecule has 0 unspecified atom stereocenters. The zero-order valence-corrected chi connectivity index (χ0v) is 20.4. The second-order valence-electron chi connectivity index (χ2n) is 7.96. The van der Waals surface area contributed by atoms with Crippen LogP contribution in [0.3, 0.4) is 0 Å². The van der Waals surface area contributed by atoms with Gasteiger partial charge in [0.05, 0.1) is 10.7 Å². The summed E-state index contributed by atoms with van der Waals surface area (Å²) in [5.41, 5.74) is 3.76. The van der Waals surface area contributed by atoms with E-state index in [9.17, 15) is 4.79 Å². The summed E-state index contributed by atoms with van der Waals surface area (Å²) in [5, 5.41) is 11.7. The Kier molecular flexibility index (Phi) is 5.85. The summed E-state index contributed by atoms with van der Waals surface area (Å²) in [5.74, 6) is 0.241. The van der Waals surface area contributed by atoms with Gasteiger partial charge in [-0.2, -0.15) is 4.68 Å². The molecule has 0 atom stereocenters. The van der Waals surface area contributed by atoms with E-state index in [1.165, 1.54) is 11.8 Å². The minimum Gasteiger partial charge on any atom is -0.267 e. The van der Waals surface area contributed by atoms with Gasteiger partial charge in [0.15, 0.2) is 5.82 Å². The van der Waals surface area contributed by atoms with Gasteiger partial charge in [-0.15, -0.1) is 10.2 Å². The number of carbonyl (C=O) groups is 1. The third-order valence-electron chi connectivity index (χ3n) is 5.75. The third kappa shape index (κ3) is 3.88. The first-order valence-corrected chi connectivity index (χ1v) is 12.4. The number of hydrogen-bond acceptors (Lipinski definition) is 5. The molecule has 1 aliphatic heterocycles. The van der Waals surface area contributed by atoms with Crippen LogP contribution in [0.15, 0.2) is 115 Å². The number of halogens is 1. The van der Waals surface area contributed by atoms with E-state index in [0.29, 0.717) is 27.1 Å². The van der Waals surface area contributed by atoms with E-state index in [0.717, 1.165) is 21.7 Å². The second kappa shape index (κ2) is 9.45. The summed E-state index contributed by atoms with van der Waals surface area (Å²) in [6, 6.07) is 30.7. The molecule has 0 saturated heterocycles. The summed E-state index contributed by atoms with van der Waals surface area (Å²) in [4.78, 5) is 19.2. The Morgan fingerprint density at radius 3 is 2.08 bits per heavy atom. The standard InChI is InChI=1S/C28H18ClN5OS/c29-23-14-8-7-13-22(23)26-31-32-28-34(26)33(27(35)21-15-17-30-18-16-21)24(19-9-3-1-4-10-19)25(36-28)20-11-5-2-6-12-20/h1-18H. The molecule has 174 valence electrons. The maximum absolute atomic E-state index is 14.2. The first-order valence-electron chi connectivity index (χ1n) is 11.2. The number of hydrogen-bond donors (Lipinski definition) is 0. The van der Waals surface area contributed by atoms with Crippen molar-refractivity contribution in [1.82, 2.24) is 19.9 Å². The van der Waals surface area contributed by atoms with Crippen LogP contribution in [0, 0.1) is 0 Å². The molecule has 0 N–H and O–H groups in total. The zero-order chi connectivity index (χ0) is 24.5. The zero-order valence-electron chi connectivity index (χ0n) is 18.8. The lowest BCUT2D eigenvalue weighted by atomic mass is 10.1. The molecule has 6 rings (SSSR count). The number of carbonyl (C=O) groups excluding carboxylic acids is 1. The number of nitrogens with zero attached hydrogens (tertiary/aromatic N) is 5. The van der Waals surface area contributed by atoms with Crippen molar-refractivity contribution in [3.63, 3.8) is 0 Å². The van der Waals surface area contributed by atoms with Crippen LogP contribution >= 0.6 is 23.4 Å². The van der Waals surface area contributed by atoms with E-state index >= 15 is 0 Å². The van der Waals surface area contributed by atoms with Gasteiger partial charge >= 0.3 is 0 Å². The number of rotatable bonds is 4. The number of benzene rings is 3. The summed E-state index contributed by atoms with van der Waals surface area (Å²) in [6.45, 7) is 0. The normalized spacial score (nSPS) is 13.0. The lowest BCUT2D eigenvalue weighted by Crippen LogP contribution is -2.42. The average Bonchev–Trinajstić information content (AvgIpc) is 3.37. The SMILES string of the molecule is O=C(c1ccncc1)N1C(c2ccccc2)=C(c2ccccc2)Sc2nnc(-c3ccccc3Cl)n21. The molecule has 6 nitrogen and oxygen atoms in total. The van der Waals surface area contributed by atoms with Crippen molar-refractivity contribution in [2.45, 2.75) is 5.16 Å². The fourth-order valence-corrected chi connectivity index (χ4v) is 5.39. The maximum Gasteiger partial charge on any atom is 0.277 e. The van der Waals surface area contributed by atoms with Crippen molar-refractivity contribution < 1.29 is 4.79 Å². The molecule has 0 spiro atoms. The summed E-state index contributed by atoms with van der Waals surface area (Å²) in [7, 11) is 0. The molecule has 2 aromatic heterocycles. The summed E-state index contributed by atoms with van der Waals surface area (Å²) in [6.07, 6.45) is 3.22. The minimum absolute atomic E-state index is 0.237. The lowest BCUT2D eigenvalue weighted by molar-refractivity contribution is 0.0974. The van der Waals surface area contributed by atoms with E-state index in [2.05, 4.69) is 15.2 Å². The summed E-state index contributed by atoms with van der Waals surface area (Å²) < 4.78 is 1.75. The van der Waals surface area contributed by atoms with E-state index < -0.39 is 0 Å². The fourth-order valence-electron chi connectivity index (χ4n) is 4.10. The monoisotopic (exact) mass is 507 g/mol. The van der Waals surface area contributed by atoms with Gasteiger partial charge in [0.2, 0.25) is 5.16 Å². The molecule has 36 heavy (non-hydrogen) atoms. The smallest absolute Gasteiger partial charge is 0.267 e. The number of thioether (sulfide) groups is 1. The molecule has 0 radical (unpaired) electrons. The van der Waals surface area contributed by atoms with Crippen LogP contribution < -0.4 is 5.01 Å². The fraction of sp³-hybridized carbons (Fsp3) is 0. The van der Waals surface area contributed by atoms with Crippen LogP contribution in [0.2, 0.25) is 5.02 Å². The van der Waals surface area contributed by atoms with E-state index in [1.54, 1.807) is 40.3 Å². The second-order valence-corrected chi connectivity index (χ2v) is 9.35. The average molecular weight is 508 g/mol. The molecule has 0 bridgehead atoms. The molecular formula is C28H18ClN5OS. The number of amides is 1. The Morgan fingerprint density at radius 2 is 1.39 bits per heavy atom. The van der Waals surface area contributed by atoms with Crippen LogP contribution in [-0.4, -0.2) is 25.8 Å². The highest BCUT2D eigenvalue weighted by molar-refractivity contribution is 8.08. The largest absolute Gasteiger partial charge is 0.277 e. The van der Waals surface area contributed by atoms with Crippen LogP contribution in [0.1, 0.15) is 21.5 Å². The Bertz CT molecular complexity index is 1590. The van der Waals surface area contributed by atoms with Crippen LogP contribution in [0.5, 0.6) is 0 Å². The van der Waals surface area contributed by atoms with Gasteiger partial charge in [-0.3, -0.25) is 9.78 Å². The topological polar surface area (TPSA) is 63.9 Å². The Morgan fingerprint density at radius 1 is 0.750 bits per heavy atom. The first-order chi connectivity index (χ1) is 17.7. The highest BCUT2D eigenvalue weighted by atomic mass is 35.5. The molecule has 3 heterocycles. The van der Waals surface area contributed by atoms with E-state index in [-0.39, 0.29) is 5.91 Å². The predicted molar refractivity (Wildman–Crippen MR) is 143 cm³/mol. The van der Waals surface area contributed by atoms with Gasteiger partial charge < -0.3 is 0 Å². The quantitative estimate of drug-likeness (QED) is 0.281. The highest BCUT2D eigenvalue weighted by Crippen LogP contribution is 2.46. The van der Waals surface area contributed by atoms with Crippen molar-refractivity contribution in [3.8, 4) is 11.4 Å². The molecule has 0 aliphatic carbocycles. The van der Waals surface area contributed by atoms with Crippen molar-refractivity contribution in [1.29, 1.82) is 0 Å². The highest BCUT2D eigenvalue weighted by Gasteiger charge is 2.36. The number of fused-ring (bicyclic) bond motifs is 1. The van der Waals surface area contributed by atoms with Gasteiger partial charge in [-0.25, -0.2) is 5.01 Å². The minimum atomic E-state index is -0.237. The number of aromatic nitrogens is 4. The van der Waals surface area contributed by atoms with Gasteiger partial charge in [0, 0.05) is 34.0 Å². The van der Waals surface area contributed by atoms with Crippen molar-refractivity contribution >= 4 is 39.9 Å². The molecule has 0 fully saturated rings. The van der Waals surface area contributed by atoms with E-state index in [1.807, 2.05) is 78.9 Å². The number of pyridine rings is 1. The third-order valence-corrected chi connectivity index (χ3v) is 7.15. The lowest BCUT2D eigenvalue weighted by Gasteiger charge is -2.34. The summed E-state index contributed by atoms with van der Waals surface area (Å²) >= 11 is 8.04. The molecule has 1 aliphatic rings. The maximum atomic E-state index is 14.2. The Hall–Kier alpha value is -4.20. The van der Waals surface area contributed by atoms with Crippen LogP contribution in [-0.2, 0) is 0 Å². The van der Waals surface area contributed by atoms with Gasteiger partial charge in [-0.05, 0) is 41.6 Å². The predicted octanol–water partition coefficient (Wildman–Crippen LogP) is 6.40. The van der Waals surface area contributed by atoms with Gasteiger partial charge in [0.1, 0.15) is 0 Å². The molecule has 1 amide bonds. The van der Waals surface area contributed by atoms with E-state index in [4.69, 9.17) is 11.6 Å². The van der Waals surface area contributed by atoms with Gasteiger partial charge in [0.25, 0.3) is 5.91 Å². The van der Waals surface area contributed by atoms with Gasteiger partial charge in [-0.1, -0.05) is 84.4 Å². The van der Waals surface area contributed by atoms with Crippen LogP contribution in [0.25, 0.3) is 22.0 Å². The van der Waals surface area contributed by atoms with Crippen LogP contribution in [0.4, 0.5) is 0 Å². The molecule has 3 aromatic carbocycles. The van der Waals surface area contributed by atoms with Crippen molar-refractivity contribution in [3.05, 3.63) is 131 Å². The Labute approximate surface area is 216 Å². The Balaban J connectivity index is 1.66. The van der Waals surface area contributed by atoms with Crippen molar-refractivity contribution in [2.75, 3.05) is 5.01 Å². The molecule has 0 saturated carbocycles. The van der Waals surface area contributed by atoms with Crippen molar-refractivity contribution in [2.24, 2.45) is 0 Å². The molecular weight excluding hydrogens is 490 g/mol. The molecule has 5 aromatic rings. The molecule has 8 heteroatoms. The first kappa shape index (κ1) is 22.3.